The molecule has 0 unspecified atom stereocenters. The lowest BCUT2D eigenvalue weighted by Gasteiger charge is -2.08. The molecule has 0 radical (unpaired) electrons. The van der Waals surface area contributed by atoms with Crippen molar-refractivity contribution in [1.82, 2.24) is 0 Å². The van der Waals surface area contributed by atoms with E-state index in [0.717, 1.165) is 11.1 Å². The van der Waals surface area contributed by atoms with E-state index < -0.39 is 0 Å². The van der Waals surface area contributed by atoms with Gasteiger partial charge >= 0.3 is 0 Å². The predicted molar refractivity (Wildman–Crippen MR) is 76.7 cm³/mol. The molecule has 1 saturated heterocycles. The highest BCUT2D eigenvalue weighted by atomic mass is 16.6. The van der Waals surface area contributed by atoms with Gasteiger partial charge in [0.15, 0.2) is 0 Å². The third-order valence-corrected chi connectivity index (χ3v) is 3.83. The van der Waals surface area contributed by atoms with Crippen molar-refractivity contribution in [2.75, 3.05) is 0 Å². The van der Waals surface area contributed by atoms with Crippen molar-refractivity contribution in [1.29, 1.82) is 0 Å². The van der Waals surface area contributed by atoms with E-state index in [-0.39, 0.29) is 11.7 Å². The van der Waals surface area contributed by atoms with Crippen LogP contribution in [0.3, 0.4) is 0 Å². The standard InChI is InChI=1S/C18H16O/c1-4-14-7-5-6-8-16(14)17-18(3,19-17)15-11-9-13(2)10-12-15/h1,5-12,17H,2-3H3/t17-,18-/m0/s1. The summed E-state index contributed by atoms with van der Waals surface area (Å²) in [5.41, 5.74) is 4.24. The predicted octanol–water partition coefficient (Wildman–Crippen LogP) is 3.96. The fourth-order valence-corrected chi connectivity index (χ4v) is 2.53. The molecule has 1 nitrogen and oxygen atoms in total. The number of epoxide rings is 1. The Balaban J connectivity index is 1.95. The highest BCUT2D eigenvalue weighted by molar-refractivity contribution is 5.46. The van der Waals surface area contributed by atoms with Crippen LogP contribution in [0.2, 0.25) is 0 Å². The fourth-order valence-electron chi connectivity index (χ4n) is 2.53. The summed E-state index contributed by atoms with van der Waals surface area (Å²) in [6.07, 6.45) is 5.62. The molecule has 2 aromatic rings. The van der Waals surface area contributed by atoms with Crippen molar-refractivity contribution < 1.29 is 4.74 Å². The van der Waals surface area contributed by atoms with Crippen molar-refractivity contribution in [3.63, 3.8) is 0 Å². The van der Waals surface area contributed by atoms with Gasteiger partial charge in [-0.15, -0.1) is 6.42 Å². The van der Waals surface area contributed by atoms with Gasteiger partial charge in [0.1, 0.15) is 11.7 Å². The summed E-state index contributed by atoms with van der Waals surface area (Å²) in [6.45, 7) is 4.21. The molecule has 19 heavy (non-hydrogen) atoms. The Labute approximate surface area is 114 Å². The minimum absolute atomic E-state index is 0.0578. The third-order valence-electron chi connectivity index (χ3n) is 3.83. The summed E-state index contributed by atoms with van der Waals surface area (Å²) >= 11 is 0. The van der Waals surface area contributed by atoms with E-state index in [1.807, 2.05) is 18.2 Å². The molecule has 0 aliphatic carbocycles. The van der Waals surface area contributed by atoms with Gasteiger partial charge in [-0.25, -0.2) is 0 Å². The zero-order chi connectivity index (χ0) is 13.5. The molecule has 0 saturated carbocycles. The maximum absolute atomic E-state index is 5.96. The molecule has 1 fully saturated rings. The van der Waals surface area contributed by atoms with Crippen molar-refractivity contribution in [2.45, 2.75) is 25.6 Å². The Hall–Kier alpha value is -2.04. The second-order valence-electron chi connectivity index (χ2n) is 5.20. The SMILES string of the molecule is C#Cc1ccccc1[C@@H]1O[C@@]1(C)c1ccc(C)cc1. The summed E-state index contributed by atoms with van der Waals surface area (Å²) in [7, 11) is 0. The smallest absolute Gasteiger partial charge is 0.122 e. The van der Waals surface area contributed by atoms with Crippen molar-refractivity contribution in [3.05, 3.63) is 70.8 Å². The Morgan fingerprint density at radius 2 is 1.79 bits per heavy atom. The van der Waals surface area contributed by atoms with Gasteiger partial charge in [-0.05, 0) is 31.0 Å². The number of terminal acetylenes is 1. The van der Waals surface area contributed by atoms with Gasteiger partial charge in [-0.1, -0.05) is 53.9 Å². The van der Waals surface area contributed by atoms with Gasteiger partial charge in [0.05, 0.1) is 0 Å². The maximum Gasteiger partial charge on any atom is 0.122 e. The van der Waals surface area contributed by atoms with Gasteiger partial charge in [0, 0.05) is 5.56 Å². The van der Waals surface area contributed by atoms with Crippen molar-refractivity contribution in [3.8, 4) is 12.3 Å². The minimum atomic E-state index is -0.249. The number of hydrogen-bond donors (Lipinski definition) is 0. The van der Waals surface area contributed by atoms with E-state index in [1.54, 1.807) is 0 Å². The average molecular weight is 248 g/mol. The molecule has 1 aliphatic heterocycles. The normalized spacial score (nSPS) is 24.8. The molecule has 1 heterocycles. The molecule has 0 spiro atoms. The fraction of sp³-hybridized carbons (Fsp3) is 0.222. The van der Waals surface area contributed by atoms with Crippen LogP contribution in [0.25, 0.3) is 0 Å². The van der Waals surface area contributed by atoms with Crippen molar-refractivity contribution in [2.24, 2.45) is 0 Å². The van der Waals surface area contributed by atoms with E-state index in [4.69, 9.17) is 11.2 Å². The number of aryl methyl sites for hydroxylation is 1. The van der Waals surface area contributed by atoms with Gasteiger partial charge in [-0.2, -0.15) is 0 Å². The Morgan fingerprint density at radius 3 is 2.47 bits per heavy atom. The van der Waals surface area contributed by atoms with E-state index in [2.05, 4.69) is 50.1 Å². The lowest BCUT2D eigenvalue weighted by molar-refractivity contribution is 0.313. The molecule has 94 valence electrons. The molecule has 3 rings (SSSR count). The van der Waals surface area contributed by atoms with E-state index in [9.17, 15) is 0 Å². The highest BCUT2D eigenvalue weighted by Crippen LogP contribution is 2.57. The molecule has 1 heteroatoms. The Kier molecular flexibility index (Phi) is 2.69. The first kappa shape index (κ1) is 12.0. The first-order chi connectivity index (χ1) is 9.15. The summed E-state index contributed by atoms with van der Waals surface area (Å²) in [5.74, 6) is 2.74. The van der Waals surface area contributed by atoms with Gasteiger partial charge in [0.2, 0.25) is 0 Å². The highest BCUT2D eigenvalue weighted by Gasteiger charge is 2.54. The summed E-state index contributed by atoms with van der Waals surface area (Å²) in [5, 5.41) is 0. The van der Waals surface area contributed by atoms with Crippen LogP contribution in [0.15, 0.2) is 48.5 Å². The first-order valence-electron chi connectivity index (χ1n) is 6.45. The Bertz CT molecular complexity index is 648. The van der Waals surface area contributed by atoms with Crippen LogP contribution in [-0.2, 0) is 10.3 Å². The average Bonchev–Trinajstić information content (AvgIpc) is 3.12. The van der Waals surface area contributed by atoms with Crippen LogP contribution in [-0.4, -0.2) is 0 Å². The van der Waals surface area contributed by atoms with Gasteiger partial charge in [-0.3, -0.25) is 0 Å². The molecule has 0 N–H and O–H groups in total. The molecule has 2 atom stereocenters. The zero-order valence-electron chi connectivity index (χ0n) is 11.2. The molecular weight excluding hydrogens is 232 g/mol. The van der Waals surface area contributed by atoms with Crippen LogP contribution in [0.1, 0.15) is 35.3 Å². The van der Waals surface area contributed by atoms with Crippen LogP contribution in [0.4, 0.5) is 0 Å². The van der Waals surface area contributed by atoms with Gasteiger partial charge in [0.25, 0.3) is 0 Å². The minimum Gasteiger partial charge on any atom is -0.356 e. The lowest BCUT2D eigenvalue weighted by atomic mass is 9.91. The molecule has 2 aromatic carbocycles. The van der Waals surface area contributed by atoms with Crippen LogP contribution in [0.5, 0.6) is 0 Å². The van der Waals surface area contributed by atoms with E-state index in [1.165, 1.54) is 11.1 Å². The molecule has 0 bridgehead atoms. The van der Waals surface area contributed by atoms with E-state index >= 15 is 0 Å². The van der Waals surface area contributed by atoms with Crippen LogP contribution >= 0.6 is 0 Å². The largest absolute Gasteiger partial charge is 0.356 e. The zero-order valence-corrected chi connectivity index (χ0v) is 11.2. The van der Waals surface area contributed by atoms with Gasteiger partial charge < -0.3 is 4.74 Å². The second kappa shape index (κ2) is 4.26. The molecule has 0 aromatic heterocycles. The lowest BCUT2D eigenvalue weighted by Crippen LogP contribution is -2.04. The number of rotatable bonds is 2. The van der Waals surface area contributed by atoms with Crippen molar-refractivity contribution >= 4 is 0 Å². The monoisotopic (exact) mass is 248 g/mol. The number of hydrogen-bond acceptors (Lipinski definition) is 1. The summed E-state index contributed by atoms with van der Waals surface area (Å²) in [4.78, 5) is 0. The summed E-state index contributed by atoms with van der Waals surface area (Å²) in [6, 6.07) is 16.5. The molecule has 1 aliphatic rings. The number of benzene rings is 2. The maximum atomic E-state index is 5.96. The Morgan fingerprint density at radius 1 is 1.11 bits per heavy atom. The topological polar surface area (TPSA) is 12.5 Å². The molecular formula is C18H16O. The van der Waals surface area contributed by atoms with Crippen LogP contribution in [0, 0.1) is 19.3 Å². The molecule has 0 amide bonds. The summed E-state index contributed by atoms with van der Waals surface area (Å²) < 4.78 is 5.96. The van der Waals surface area contributed by atoms with Crippen LogP contribution < -0.4 is 0 Å². The first-order valence-corrected chi connectivity index (χ1v) is 6.45. The number of ether oxygens (including phenoxy) is 1. The third kappa shape index (κ3) is 1.95. The van der Waals surface area contributed by atoms with E-state index in [0.29, 0.717) is 0 Å². The quantitative estimate of drug-likeness (QED) is 0.579. The second-order valence-corrected chi connectivity index (χ2v) is 5.20.